The molecule has 6 nitrogen and oxygen atoms in total. The third kappa shape index (κ3) is 3.00. The van der Waals surface area contributed by atoms with Crippen molar-refractivity contribution >= 4 is 23.0 Å². The molecule has 0 aliphatic carbocycles. The molecule has 0 bridgehead atoms. The molecular weight excluding hydrogens is 280 g/mol. The summed E-state index contributed by atoms with van der Waals surface area (Å²) in [6.07, 6.45) is 0. The second-order valence-corrected chi connectivity index (χ2v) is 5.15. The Morgan fingerprint density at radius 2 is 2.05 bits per heavy atom. The van der Waals surface area contributed by atoms with Gasteiger partial charge in [-0.15, -0.1) is 0 Å². The van der Waals surface area contributed by atoms with Crippen molar-refractivity contribution in [1.29, 1.82) is 5.26 Å². The summed E-state index contributed by atoms with van der Waals surface area (Å²) in [6.45, 7) is 4.56. The first-order valence-corrected chi connectivity index (χ1v) is 6.73. The predicted octanol–water partition coefficient (Wildman–Crippen LogP) is 2.28. The fourth-order valence-corrected chi connectivity index (χ4v) is 2.50. The van der Waals surface area contributed by atoms with Gasteiger partial charge >= 0.3 is 0 Å². The van der Waals surface area contributed by atoms with Crippen LogP contribution in [-0.4, -0.2) is 42.0 Å². The van der Waals surface area contributed by atoms with Crippen LogP contribution in [0.3, 0.4) is 0 Å². The van der Waals surface area contributed by atoms with Gasteiger partial charge in [0, 0.05) is 37.3 Å². The molecule has 0 spiro atoms. The maximum Gasteiger partial charge on any atom is 0.292 e. The summed E-state index contributed by atoms with van der Waals surface area (Å²) in [7, 11) is 0. The number of hydrogen-bond donors (Lipinski definition) is 0. The van der Waals surface area contributed by atoms with E-state index in [2.05, 4.69) is 11.0 Å². The molecule has 1 aliphatic heterocycles. The lowest BCUT2D eigenvalue weighted by Gasteiger charge is -2.36. The van der Waals surface area contributed by atoms with Gasteiger partial charge in [0.15, 0.2) is 0 Å². The zero-order valence-electron chi connectivity index (χ0n) is 11.1. The highest BCUT2D eigenvalue weighted by molar-refractivity contribution is 6.31. The average Bonchev–Trinajstić information content (AvgIpc) is 2.46. The minimum Gasteiger partial charge on any atom is -0.363 e. The molecule has 1 aromatic rings. The Hall–Kier alpha value is -1.84. The second-order valence-electron chi connectivity index (χ2n) is 4.72. The summed E-state index contributed by atoms with van der Waals surface area (Å²) in [6, 6.07) is 6.66. The standard InChI is InChI=1S/C13H15ClN4O2/c1-10(9-15)16-4-6-17(7-5-16)13-8-11(14)2-3-12(13)18(19)20/h2-3,8,10H,4-7H2,1H3. The van der Waals surface area contributed by atoms with Crippen molar-refractivity contribution in [2.24, 2.45) is 0 Å². The number of piperazine rings is 1. The Kier molecular flexibility index (Phi) is 4.42. The molecule has 0 aromatic heterocycles. The summed E-state index contributed by atoms with van der Waals surface area (Å²) in [5.41, 5.74) is 0.614. The molecule has 1 aliphatic rings. The Morgan fingerprint density at radius 3 is 2.60 bits per heavy atom. The smallest absolute Gasteiger partial charge is 0.292 e. The van der Waals surface area contributed by atoms with Gasteiger partial charge in [-0.25, -0.2) is 0 Å². The van der Waals surface area contributed by atoms with Gasteiger partial charge in [-0.3, -0.25) is 15.0 Å². The van der Waals surface area contributed by atoms with Gasteiger partial charge in [-0.2, -0.15) is 5.26 Å². The number of nitro groups is 1. The Morgan fingerprint density at radius 1 is 1.40 bits per heavy atom. The molecule has 0 N–H and O–H groups in total. The van der Waals surface area contributed by atoms with Gasteiger partial charge < -0.3 is 4.90 Å². The van der Waals surface area contributed by atoms with Crippen LogP contribution < -0.4 is 4.90 Å². The third-order valence-corrected chi connectivity index (χ3v) is 3.76. The third-order valence-electron chi connectivity index (χ3n) is 3.52. The normalized spacial score (nSPS) is 17.6. The van der Waals surface area contributed by atoms with Crippen LogP contribution in [0.2, 0.25) is 5.02 Å². The summed E-state index contributed by atoms with van der Waals surface area (Å²) < 4.78 is 0. The van der Waals surface area contributed by atoms with Crippen LogP contribution >= 0.6 is 11.6 Å². The van der Waals surface area contributed by atoms with E-state index in [9.17, 15) is 10.1 Å². The molecule has 1 fully saturated rings. The molecule has 1 atom stereocenters. The van der Waals surface area contributed by atoms with Crippen molar-refractivity contribution in [1.82, 2.24) is 4.90 Å². The van der Waals surface area contributed by atoms with Crippen molar-refractivity contribution in [2.45, 2.75) is 13.0 Å². The van der Waals surface area contributed by atoms with E-state index in [-0.39, 0.29) is 11.7 Å². The second kappa shape index (κ2) is 6.07. The van der Waals surface area contributed by atoms with Crippen LogP contribution in [0.15, 0.2) is 18.2 Å². The zero-order valence-corrected chi connectivity index (χ0v) is 11.9. The molecule has 1 heterocycles. The van der Waals surface area contributed by atoms with Crippen molar-refractivity contribution in [2.75, 3.05) is 31.1 Å². The number of rotatable bonds is 3. The van der Waals surface area contributed by atoms with Crippen molar-refractivity contribution < 1.29 is 4.92 Å². The summed E-state index contributed by atoms with van der Waals surface area (Å²) >= 11 is 5.94. The van der Waals surface area contributed by atoms with Crippen molar-refractivity contribution in [3.8, 4) is 6.07 Å². The molecule has 0 amide bonds. The molecule has 1 aromatic carbocycles. The monoisotopic (exact) mass is 294 g/mol. The molecular formula is C13H15ClN4O2. The highest BCUT2D eigenvalue weighted by Crippen LogP contribution is 2.31. The molecule has 1 saturated heterocycles. The Labute approximate surface area is 122 Å². The molecule has 1 unspecified atom stereocenters. The van der Waals surface area contributed by atoms with Crippen LogP contribution in [0, 0.1) is 21.4 Å². The van der Waals surface area contributed by atoms with Gasteiger partial charge in [-0.05, 0) is 19.1 Å². The lowest BCUT2D eigenvalue weighted by atomic mass is 10.2. The van der Waals surface area contributed by atoms with Crippen LogP contribution in [0.4, 0.5) is 11.4 Å². The van der Waals surface area contributed by atoms with Gasteiger partial charge in [-0.1, -0.05) is 11.6 Å². The maximum absolute atomic E-state index is 11.1. The number of benzene rings is 1. The number of hydrogen-bond acceptors (Lipinski definition) is 5. The zero-order chi connectivity index (χ0) is 14.7. The fourth-order valence-electron chi connectivity index (χ4n) is 2.34. The predicted molar refractivity (Wildman–Crippen MR) is 77.0 cm³/mol. The quantitative estimate of drug-likeness (QED) is 0.631. The first kappa shape index (κ1) is 14.6. The van der Waals surface area contributed by atoms with Crippen LogP contribution in [0.1, 0.15) is 6.92 Å². The summed E-state index contributed by atoms with van der Waals surface area (Å²) in [5, 5.41) is 20.5. The molecule has 0 saturated carbocycles. The van der Waals surface area contributed by atoms with Gasteiger partial charge in [0.1, 0.15) is 5.69 Å². The van der Waals surface area contributed by atoms with E-state index < -0.39 is 4.92 Å². The van der Waals surface area contributed by atoms with Crippen LogP contribution in [-0.2, 0) is 0 Å². The van der Waals surface area contributed by atoms with E-state index in [4.69, 9.17) is 16.9 Å². The highest BCUT2D eigenvalue weighted by atomic mass is 35.5. The Balaban J connectivity index is 2.17. The lowest BCUT2D eigenvalue weighted by molar-refractivity contribution is -0.384. The van der Waals surface area contributed by atoms with Crippen molar-refractivity contribution in [3.63, 3.8) is 0 Å². The van der Waals surface area contributed by atoms with Gasteiger partial charge in [0.05, 0.1) is 17.0 Å². The van der Waals surface area contributed by atoms with Crippen molar-refractivity contribution in [3.05, 3.63) is 33.3 Å². The number of nitriles is 1. The molecule has 0 radical (unpaired) electrons. The lowest BCUT2D eigenvalue weighted by Crippen LogP contribution is -2.49. The van der Waals surface area contributed by atoms with E-state index in [0.717, 1.165) is 0 Å². The van der Waals surface area contributed by atoms with Gasteiger partial charge in [0.25, 0.3) is 5.69 Å². The maximum atomic E-state index is 11.1. The highest BCUT2D eigenvalue weighted by Gasteiger charge is 2.25. The van der Waals surface area contributed by atoms with Crippen LogP contribution in [0.5, 0.6) is 0 Å². The van der Waals surface area contributed by atoms with E-state index in [1.165, 1.54) is 12.1 Å². The van der Waals surface area contributed by atoms with Gasteiger partial charge in [0.2, 0.25) is 0 Å². The number of anilines is 1. The summed E-state index contributed by atoms with van der Waals surface area (Å²) in [4.78, 5) is 14.7. The number of nitro benzene ring substituents is 1. The number of halogens is 1. The minimum absolute atomic E-state index is 0.0659. The largest absolute Gasteiger partial charge is 0.363 e. The molecule has 106 valence electrons. The molecule has 20 heavy (non-hydrogen) atoms. The molecule has 7 heteroatoms. The van der Waals surface area contributed by atoms with E-state index >= 15 is 0 Å². The van der Waals surface area contributed by atoms with E-state index in [1.54, 1.807) is 6.07 Å². The number of nitrogens with zero attached hydrogens (tertiary/aromatic N) is 4. The first-order chi connectivity index (χ1) is 9.52. The fraction of sp³-hybridized carbons (Fsp3) is 0.462. The van der Waals surface area contributed by atoms with Crippen LogP contribution in [0.25, 0.3) is 0 Å². The average molecular weight is 295 g/mol. The van der Waals surface area contributed by atoms with E-state index in [1.807, 2.05) is 11.8 Å². The van der Waals surface area contributed by atoms with E-state index in [0.29, 0.717) is 36.9 Å². The summed E-state index contributed by atoms with van der Waals surface area (Å²) in [5.74, 6) is 0. The topological polar surface area (TPSA) is 73.4 Å². The SMILES string of the molecule is CC(C#N)N1CCN(c2cc(Cl)ccc2[N+](=O)[O-])CC1. The first-order valence-electron chi connectivity index (χ1n) is 6.35. The molecule has 2 rings (SSSR count). The minimum atomic E-state index is -0.393. The Bertz CT molecular complexity index is 550.